The molecule has 0 saturated heterocycles. The Labute approximate surface area is 99.9 Å². The first kappa shape index (κ1) is 11.8. The zero-order valence-corrected chi connectivity index (χ0v) is 10.2. The molecule has 90 valence electrons. The number of benzene rings is 1. The van der Waals surface area contributed by atoms with Gasteiger partial charge in [-0.15, -0.1) is 0 Å². The Hall–Kier alpha value is -1.71. The minimum atomic E-state index is -0.387. The summed E-state index contributed by atoms with van der Waals surface area (Å²) < 4.78 is 4.67. The van der Waals surface area contributed by atoms with Crippen molar-refractivity contribution in [2.75, 3.05) is 7.11 Å². The van der Waals surface area contributed by atoms with Gasteiger partial charge in [0.2, 0.25) is 0 Å². The van der Waals surface area contributed by atoms with E-state index >= 15 is 0 Å². The van der Waals surface area contributed by atoms with Crippen LogP contribution >= 0.6 is 0 Å². The van der Waals surface area contributed by atoms with Crippen molar-refractivity contribution >= 4 is 5.97 Å². The van der Waals surface area contributed by atoms with Crippen molar-refractivity contribution in [2.45, 2.75) is 26.3 Å². The lowest BCUT2D eigenvalue weighted by atomic mass is 9.86. The van der Waals surface area contributed by atoms with Crippen LogP contribution in [-0.2, 0) is 11.2 Å². The number of esters is 1. The second kappa shape index (κ2) is 3.95. The molecular formula is C13H15NO3. The van der Waals surface area contributed by atoms with Crippen molar-refractivity contribution in [3.63, 3.8) is 0 Å². The predicted molar refractivity (Wildman–Crippen MR) is 63.8 cm³/mol. The van der Waals surface area contributed by atoms with E-state index in [4.69, 9.17) is 0 Å². The van der Waals surface area contributed by atoms with Crippen LogP contribution in [0.15, 0.2) is 23.4 Å². The van der Waals surface area contributed by atoms with Crippen LogP contribution in [0, 0.1) is 10.3 Å². The average Bonchev–Trinajstić information content (AvgIpc) is 2.56. The number of fused-ring (bicyclic) bond motifs is 1. The molecule has 0 saturated carbocycles. The molecule has 0 aromatic heterocycles. The van der Waals surface area contributed by atoms with Crippen molar-refractivity contribution in [1.29, 1.82) is 0 Å². The molecule has 0 bridgehead atoms. The smallest absolute Gasteiger partial charge is 0.337 e. The molecule has 4 nitrogen and oxygen atoms in total. The minimum absolute atomic E-state index is 0.182. The third kappa shape index (κ3) is 1.84. The summed E-state index contributed by atoms with van der Waals surface area (Å²) in [5.74, 6) is -0.387. The maximum Gasteiger partial charge on any atom is 0.337 e. The van der Waals surface area contributed by atoms with Crippen LogP contribution in [0.1, 0.15) is 41.4 Å². The van der Waals surface area contributed by atoms with Crippen molar-refractivity contribution in [2.24, 2.45) is 10.6 Å². The summed E-state index contributed by atoms with van der Waals surface area (Å²) in [6.45, 7) is 4.02. The highest BCUT2D eigenvalue weighted by molar-refractivity contribution is 5.89. The number of rotatable bonds is 2. The molecule has 1 aliphatic carbocycles. The molecule has 4 heteroatoms. The highest BCUT2D eigenvalue weighted by atomic mass is 16.5. The van der Waals surface area contributed by atoms with Gasteiger partial charge in [-0.05, 0) is 35.1 Å². The number of nitrogens with zero attached hydrogens (tertiary/aromatic N) is 1. The third-order valence-electron chi connectivity index (χ3n) is 3.35. The number of methoxy groups -OCH3 is 1. The Morgan fingerprint density at radius 3 is 2.76 bits per heavy atom. The van der Waals surface area contributed by atoms with E-state index in [1.165, 1.54) is 7.11 Å². The molecule has 2 rings (SSSR count). The molecule has 0 heterocycles. The molecule has 0 radical (unpaired) electrons. The van der Waals surface area contributed by atoms with Crippen LogP contribution in [0.2, 0.25) is 0 Å². The van der Waals surface area contributed by atoms with E-state index in [1.54, 1.807) is 12.1 Å². The van der Waals surface area contributed by atoms with Crippen LogP contribution < -0.4 is 0 Å². The highest BCUT2D eigenvalue weighted by Crippen LogP contribution is 2.47. The van der Waals surface area contributed by atoms with Gasteiger partial charge in [0, 0.05) is 0 Å². The second-order valence-corrected chi connectivity index (χ2v) is 5.08. The summed E-state index contributed by atoms with van der Waals surface area (Å²) in [6, 6.07) is 4.95. The Morgan fingerprint density at radius 1 is 1.47 bits per heavy atom. The van der Waals surface area contributed by atoms with Gasteiger partial charge in [-0.3, -0.25) is 0 Å². The maximum absolute atomic E-state index is 11.4. The summed E-state index contributed by atoms with van der Waals surface area (Å²) in [4.78, 5) is 22.4. The maximum atomic E-state index is 11.4. The van der Waals surface area contributed by atoms with Crippen LogP contribution in [0.3, 0.4) is 0 Å². The first-order valence-electron chi connectivity index (χ1n) is 5.53. The molecular weight excluding hydrogens is 218 g/mol. The molecule has 1 aromatic carbocycles. The molecule has 0 fully saturated rings. The number of nitroso groups, excluding NO2 is 1. The SMILES string of the molecule is COC(=O)c1ccc2c(c1)C(N=O)C(C)(C)C2. The third-order valence-corrected chi connectivity index (χ3v) is 3.35. The molecule has 1 unspecified atom stereocenters. The van der Waals surface area contributed by atoms with E-state index in [-0.39, 0.29) is 17.4 Å². The molecule has 1 atom stereocenters. The molecule has 1 aliphatic rings. The van der Waals surface area contributed by atoms with Gasteiger partial charge in [0.25, 0.3) is 0 Å². The molecule has 0 amide bonds. The summed E-state index contributed by atoms with van der Waals surface area (Å²) in [5, 5.41) is 3.21. The number of carbonyl (C=O) groups excluding carboxylic acids is 1. The molecule has 0 aliphatic heterocycles. The quantitative estimate of drug-likeness (QED) is 0.583. The van der Waals surface area contributed by atoms with Gasteiger partial charge in [0.1, 0.15) is 6.04 Å². The Bertz CT molecular complexity index is 480. The van der Waals surface area contributed by atoms with Crippen molar-refractivity contribution in [1.82, 2.24) is 0 Å². The normalized spacial score (nSPS) is 20.8. The van der Waals surface area contributed by atoms with Gasteiger partial charge in [-0.2, -0.15) is 4.91 Å². The monoisotopic (exact) mass is 233 g/mol. The van der Waals surface area contributed by atoms with Gasteiger partial charge in [-0.25, -0.2) is 4.79 Å². The van der Waals surface area contributed by atoms with Crippen LogP contribution in [0.4, 0.5) is 0 Å². The average molecular weight is 233 g/mol. The second-order valence-electron chi connectivity index (χ2n) is 5.08. The van der Waals surface area contributed by atoms with Crippen molar-refractivity contribution in [3.8, 4) is 0 Å². The molecule has 0 N–H and O–H groups in total. The van der Waals surface area contributed by atoms with E-state index in [1.807, 2.05) is 19.9 Å². The van der Waals surface area contributed by atoms with Gasteiger partial charge in [-0.1, -0.05) is 25.1 Å². The Balaban J connectivity index is 2.48. The first-order valence-corrected chi connectivity index (χ1v) is 5.53. The van der Waals surface area contributed by atoms with E-state index in [0.717, 1.165) is 17.5 Å². The first-order chi connectivity index (χ1) is 7.99. The van der Waals surface area contributed by atoms with Crippen LogP contribution in [0.5, 0.6) is 0 Å². The minimum Gasteiger partial charge on any atom is -0.465 e. The summed E-state index contributed by atoms with van der Waals surface area (Å²) in [6.07, 6.45) is 0.806. The largest absolute Gasteiger partial charge is 0.465 e. The van der Waals surface area contributed by atoms with Crippen LogP contribution in [0.25, 0.3) is 0 Å². The number of hydrogen-bond donors (Lipinski definition) is 0. The van der Waals surface area contributed by atoms with Gasteiger partial charge in [0.05, 0.1) is 12.7 Å². The fourth-order valence-corrected chi connectivity index (χ4v) is 2.46. The standard InChI is InChI=1S/C13H15NO3/c1-13(2)7-9-5-4-8(12(15)17-3)6-10(9)11(13)14-16/h4-6,11H,7H2,1-3H3. The van der Waals surface area contributed by atoms with Gasteiger partial charge in [0.15, 0.2) is 0 Å². The lowest BCUT2D eigenvalue weighted by molar-refractivity contribution is 0.0600. The lowest BCUT2D eigenvalue weighted by Gasteiger charge is -2.20. The number of hydrogen-bond acceptors (Lipinski definition) is 4. The summed E-state index contributed by atoms with van der Waals surface area (Å²) >= 11 is 0. The number of ether oxygens (including phenoxy) is 1. The van der Waals surface area contributed by atoms with Crippen molar-refractivity contribution < 1.29 is 9.53 Å². The van der Waals surface area contributed by atoms with Gasteiger partial charge >= 0.3 is 5.97 Å². The van der Waals surface area contributed by atoms with Gasteiger partial charge < -0.3 is 4.74 Å². The van der Waals surface area contributed by atoms with E-state index in [2.05, 4.69) is 9.91 Å². The Kier molecular flexibility index (Phi) is 2.73. The zero-order chi connectivity index (χ0) is 12.6. The topological polar surface area (TPSA) is 55.7 Å². The summed E-state index contributed by atoms with van der Waals surface area (Å²) in [5.41, 5.74) is 2.23. The zero-order valence-electron chi connectivity index (χ0n) is 10.2. The van der Waals surface area contributed by atoms with Crippen molar-refractivity contribution in [3.05, 3.63) is 39.8 Å². The van der Waals surface area contributed by atoms with Crippen LogP contribution in [-0.4, -0.2) is 13.1 Å². The van der Waals surface area contributed by atoms with E-state index < -0.39 is 0 Å². The summed E-state index contributed by atoms with van der Waals surface area (Å²) in [7, 11) is 1.34. The predicted octanol–water partition coefficient (Wildman–Crippen LogP) is 2.86. The molecule has 0 spiro atoms. The number of carbonyl (C=O) groups is 1. The Morgan fingerprint density at radius 2 is 2.18 bits per heavy atom. The fraction of sp³-hybridized carbons (Fsp3) is 0.462. The fourth-order valence-electron chi connectivity index (χ4n) is 2.46. The molecule has 17 heavy (non-hydrogen) atoms. The lowest BCUT2D eigenvalue weighted by Crippen LogP contribution is -2.15. The highest BCUT2D eigenvalue weighted by Gasteiger charge is 2.40. The molecule has 1 aromatic rings. The van der Waals surface area contributed by atoms with E-state index in [9.17, 15) is 9.70 Å². The van der Waals surface area contributed by atoms with E-state index in [0.29, 0.717) is 5.56 Å².